The molecular formula is C22H17ClFN3O2S2. The van der Waals surface area contributed by atoms with E-state index in [-0.39, 0.29) is 11.4 Å². The summed E-state index contributed by atoms with van der Waals surface area (Å²) in [5.74, 6) is 0.822. The van der Waals surface area contributed by atoms with E-state index in [0.29, 0.717) is 45.7 Å². The molecule has 5 nitrogen and oxygen atoms in total. The summed E-state index contributed by atoms with van der Waals surface area (Å²) < 4.78 is 20.2. The number of benzene rings is 2. The summed E-state index contributed by atoms with van der Waals surface area (Å²) in [6.07, 6.45) is 1.67. The number of halogens is 2. The van der Waals surface area contributed by atoms with Gasteiger partial charge < -0.3 is 4.74 Å². The maximum Gasteiger partial charge on any atom is 0.262 e. The Hall–Kier alpha value is -2.68. The average Bonchev–Trinajstić information content (AvgIpc) is 3.22. The Morgan fingerprint density at radius 2 is 2.03 bits per heavy atom. The standard InChI is InChI=1S/C22H17ClFN3O2S2/c1-2-9-27-21(28)18-8-3-14(23)10-19(18)26-22(27)31-13-16-12-30-20(25-16)11-29-17-6-4-15(24)5-7-17/h2-8,10,12H,1,9,11,13H2. The fraction of sp³-hybridized carbons (Fsp3) is 0.136. The minimum absolute atomic E-state index is 0.129. The Morgan fingerprint density at radius 3 is 2.81 bits per heavy atom. The number of rotatable bonds is 8. The lowest BCUT2D eigenvalue weighted by Crippen LogP contribution is -2.22. The van der Waals surface area contributed by atoms with E-state index in [1.165, 1.54) is 35.2 Å². The predicted octanol–water partition coefficient (Wildman–Crippen LogP) is 5.70. The van der Waals surface area contributed by atoms with E-state index in [9.17, 15) is 9.18 Å². The quantitative estimate of drug-likeness (QED) is 0.186. The Balaban J connectivity index is 1.48. The zero-order valence-corrected chi connectivity index (χ0v) is 18.6. The van der Waals surface area contributed by atoms with Crippen LogP contribution in [0.3, 0.4) is 0 Å². The number of fused-ring (bicyclic) bond motifs is 1. The van der Waals surface area contributed by atoms with Crippen molar-refractivity contribution < 1.29 is 9.13 Å². The zero-order chi connectivity index (χ0) is 21.8. The number of nitrogens with zero attached hydrogens (tertiary/aromatic N) is 3. The molecule has 0 bridgehead atoms. The molecule has 0 aliphatic carbocycles. The van der Waals surface area contributed by atoms with Gasteiger partial charge in [0.2, 0.25) is 0 Å². The number of thiazole rings is 1. The molecule has 4 aromatic rings. The van der Waals surface area contributed by atoms with Crippen molar-refractivity contribution in [1.29, 1.82) is 0 Å². The van der Waals surface area contributed by atoms with E-state index in [1.807, 2.05) is 5.38 Å². The van der Waals surface area contributed by atoms with Gasteiger partial charge in [0.15, 0.2) is 5.16 Å². The SMILES string of the molecule is C=CCn1c(SCc2csc(COc3ccc(F)cc3)n2)nc2cc(Cl)ccc2c1=O. The van der Waals surface area contributed by atoms with Gasteiger partial charge in [-0.25, -0.2) is 14.4 Å². The van der Waals surface area contributed by atoms with Gasteiger partial charge >= 0.3 is 0 Å². The smallest absolute Gasteiger partial charge is 0.262 e. The van der Waals surface area contributed by atoms with Crippen LogP contribution >= 0.6 is 34.7 Å². The highest BCUT2D eigenvalue weighted by Crippen LogP contribution is 2.25. The number of ether oxygens (including phenoxy) is 1. The third-order valence-electron chi connectivity index (χ3n) is 4.32. The molecule has 2 heterocycles. The molecule has 2 aromatic carbocycles. The van der Waals surface area contributed by atoms with Crippen LogP contribution < -0.4 is 10.3 Å². The van der Waals surface area contributed by atoms with Crippen molar-refractivity contribution in [1.82, 2.24) is 14.5 Å². The highest BCUT2D eigenvalue weighted by molar-refractivity contribution is 7.98. The number of thioether (sulfide) groups is 1. The molecule has 0 radical (unpaired) electrons. The van der Waals surface area contributed by atoms with E-state index < -0.39 is 0 Å². The fourth-order valence-electron chi connectivity index (χ4n) is 2.87. The molecule has 0 saturated heterocycles. The van der Waals surface area contributed by atoms with Gasteiger partial charge in [-0.1, -0.05) is 29.4 Å². The molecular weight excluding hydrogens is 457 g/mol. The van der Waals surface area contributed by atoms with E-state index in [4.69, 9.17) is 16.3 Å². The minimum atomic E-state index is -0.305. The lowest BCUT2D eigenvalue weighted by molar-refractivity contribution is 0.305. The van der Waals surface area contributed by atoms with Gasteiger partial charge in [-0.15, -0.1) is 17.9 Å². The van der Waals surface area contributed by atoms with Crippen molar-refractivity contribution in [2.75, 3.05) is 0 Å². The molecule has 0 N–H and O–H groups in total. The molecule has 9 heteroatoms. The minimum Gasteiger partial charge on any atom is -0.486 e. The molecule has 31 heavy (non-hydrogen) atoms. The number of allylic oxidation sites excluding steroid dienone is 1. The second-order valence-corrected chi connectivity index (χ2v) is 8.85. The molecule has 0 atom stereocenters. The third kappa shape index (κ3) is 5.15. The molecule has 0 saturated carbocycles. The number of hydrogen-bond donors (Lipinski definition) is 0. The van der Waals surface area contributed by atoms with Crippen molar-refractivity contribution in [2.24, 2.45) is 0 Å². The Bertz CT molecular complexity index is 1290. The van der Waals surface area contributed by atoms with E-state index in [0.717, 1.165) is 10.7 Å². The van der Waals surface area contributed by atoms with Gasteiger partial charge in [-0.2, -0.15) is 0 Å². The summed E-state index contributed by atoms with van der Waals surface area (Å²) in [5, 5.41) is 4.38. The molecule has 0 amide bonds. The maximum atomic E-state index is 13.0. The summed E-state index contributed by atoms with van der Waals surface area (Å²) in [7, 11) is 0. The second-order valence-electron chi connectivity index (χ2n) is 6.52. The van der Waals surface area contributed by atoms with Gasteiger partial charge in [-0.05, 0) is 42.5 Å². The highest BCUT2D eigenvalue weighted by atomic mass is 35.5. The first-order chi connectivity index (χ1) is 15.0. The number of hydrogen-bond acceptors (Lipinski definition) is 6. The lowest BCUT2D eigenvalue weighted by Gasteiger charge is -2.11. The van der Waals surface area contributed by atoms with Gasteiger partial charge in [0, 0.05) is 22.7 Å². The Kier molecular flexibility index (Phi) is 6.70. The normalized spacial score (nSPS) is 11.0. The van der Waals surface area contributed by atoms with Crippen LogP contribution in [-0.4, -0.2) is 14.5 Å². The summed E-state index contributed by atoms with van der Waals surface area (Å²) in [4.78, 5) is 22.1. The first-order valence-electron chi connectivity index (χ1n) is 9.29. The van der Waals surface area contributed by atoms with Crippen LogP contribution in [0.1, 0.15) is 10.7 Å². The van der Waals surface area contributed by atoms with Crippen molar-refractivity contribution >= 4 is 45.6 Å². The third-order valence-corrected chi connectivity index (χ3v) is 6.43. The van der Waals surface area contributed by atoms with Crippen LogP contribution in [-0.2, 0) is 18.9 Å². The predicted molar refractivity (Wildman–Crippen MR) is 124 cm³/mol. The highest BCUT2D eigenvalue weighted by Gasteiger charge is 2.13. The van der Waals surface area contributed by atoms with Crippen molar-refractivity contribution in [3.63, 3.8) is 0 Å². The maximum absolute atomic E-state index is 13.0. The van der Waals surface area contributed by atoms with Crippen LogP contribution in [0.5, 0.6) is 5.75 Å². The first-order valence-corrected chi connectivity index (χ1v) is 11.5. The summed E-state index contributed by atoms with van der Waals surface area (Å²) >= 11 is 8.98. The van der Waals surface area contributed by atoms with Gasteiger partial charge in [0.1, 0.15) is 23.2 Å². The summed E-state index contributed by atoms with van der Waals surface area (Å²) in [5.41, 5.74) is 1.29. The van der Waals surface area contributed by atoms with E-state index in [2.05, 4.69) is 16.5 Å². The molecule has 2 aromatic heterocycles. The van der Waals surface area contributed by atoms with Crippen molar-refractivity contribution in [3.05, 3.63) is 92.4 Å². The summed E-state index contributed by atoms with van der Waals surface area (Å²) in [6.45, 7) is 4.40. The second kappa shape index (κ2) is 9.64. The van der Waals surface area contributed by atoms with Crippen molar-refractivity contribution in [2.45, 2.75) is 24.1 Å². The lowest BCUT2D eigenvalue weighted by atomic mass is 10.2. The molecule has 0 spiro atoms. The molecule has 4 rings (SSSR count). The zero-order valence-electron chi connectivity index (χ0n) is 16.3. The molecule has 0 aliphatic rings. The molecule has 0 fully saturated rings. The summed E-state index contributed by atoms with van der Waals surface area (Å²) in [6, 6.07) is 10.9. The van der Waals surface area contributed by atoms with Gasteiger partial charge in [0.25, 0.3) is 5.56 Å². The Labute approximate surface area is 191 Å². The van der Waals surface area contributed by atoms with Gasteiger partial charge in [0.05, 0.1) is 16.6 Å². The van der Waals surface area contributed by atoms with Crippen LogP contribution in [0, 0.1) is 5.82 Å². The van der Waals surface area contributed by atoms with Gasteiger partial charge in [-0.3, -0.25) is 9.36 Å². The van der Waals surface area contributed by atoms with Crippen LogP contribution in [0.2, 0.25) is 5.02 Å². The first kappa shape index (κ1) is 21.5. The molecule has 0 aliphatic heterocycles. The van der Waals surface area contributed by atoms with Crippen LogP contribution in [0.25, 0.3) is 10.9 Å². The average molecular weight is 474 g/mol. The van der Waals surface area contributed by atoms with Crippen LogP contribution in [0.15, 0.2) is 70.5 Å². The molecule has 0 unspecified atom stereocenters. The van der Waals surface area contributed by atoms with Crippen molar-refractivity contribution in [3.8, 4) is 5.75 Å². The van der Waals surface area contributed by atoms with E-state index >= 15 is 0 Å². The number of aromatic nitrogens is 3. The van der Waals surface area contributed by atoms with E-state index in [1.54, 1.807) is 41.0 Å². The topological polar surface area (TPSA) is 57.0 Å². The van der Waals surface area contributed by atoms with Crippen LogP contribution in [0.4, 0.5) is 4.39 Å². The monoisotopic (exact) mass is 473 g/mol. The largest absolute Gasteiger partial charge is 0.486 e. The molecule has 158 valence electrons. The fourth-order valence-corrected chi connectivity index (χ4v) is 4.75. The Morgan fingerprint density at radius 1 is 1.23 bits per heavy atom.